The first-order chi connectivity index (χ1) is 7.93. The summed E-state index contributed by atoms with van der Waals surface area (Å²) in [6.07, 6.45) is 3.57. The number of carboxylic acid groups (broad SMARTS) is 2. The van der Waals surface area contributed by atoms with Crippen molar-refractivity contribution in [3.63, 3.8) is 0 Å². The van der Waals surface area contributed by atoms with E-state index in [4.69, 9.17) is 30.0 Å². The van der Waals surface area contributed by atoms with Gasteiger partial charge in [-0.05, 0) is 24.6 Å². The van der Waals surface area contributed by atoms with E-state index in [2.05, 4.69) is 4.98 Å². The molecule has 9 heteroatoms. The van der Waals surface area contributed by atoms with Crippen molar-refractivity contribution in [3.8, 4) is 0 Å². The molecule has 0 saturated heterocycles. The van der Waals surface area contributed by atoms with Crippen molar-refractivity contribution >= 4 is 11.9 Å². The fourth-order valence-corrected chi connectivity index (χ4v) is 0.426. The third kappa shape index (κ3) is 31.5. The van der Waals surface area contributed by atoms with Gasteiger partial charge in [0.2, 0.25) is 0 Å². The van der Waals surface area contributed by atoms with E-state index in [1.165, 1.54) is 5.56 Å². The number of nitrogens with zero attached hydrogens (tertiary/aromatic N) is 1. The Kier molecular flexibility index (Phi) is 26.3. The van der Waals surface area contributed by atoms with Gasteiger partial charge >= 0.3 is 21.1 Å². The van der Waals surface area contributed by atoms with E-state index in [1.54, 1.807) is 12.4 Å². The molecule has 0 bridgehead atoms. The molecule has 0 spiro atoms. The number of aliphatic carboxylic acids is 2. The molecule has 0 aliphatic carbocycles. The number of aliphatic hydroxyl groups excluding tert-OH is 2. The van der Waals surface area contributed by atoms with Crippen molar-refractivity contribution in [2.75, 3.05) is 13.2 Å². The number of hydrogen-bond donors (Lipinski definition) is 3. The molecule has 1 aromatic heterocycles. The third-order valence-corrected chi connectivity index (χ3v) is 1.11. The second-order valence-electron chi connectivity index (χ2n) is 2.58. The molecule has 0 unspecified atom stereocenters. The fourth-order valence-electron chi connectivity index (χ4n) is 0.426. The van der Waals surface area contributed by atoms with Gasteiger partial charge < -0.3 is 36.2 Å². The van der Waals surface area contributed by atoms with Crippen molar-refractivity contribution in [1.29, 1.82) is 0 Å². The van der Waals surface area contributed by atoms with Gasteiger partial charge in [-0.2, -0.15) is 0 Å². The van der Waals surface area contributed by atoms with E-state index in [0.717, 1.165) is 0 Å². The number of rotatable bonds is 2. The SMILES string of the molecule is Cc1ccncc1.N.O=C([O-])CO.O=C([O-])CO.[Pt+2]. The standard InChI is InChI=1S/C6H7N.2C2H4O3.H3N.Pt/c1-6-2-4-7-5-3-6;2*3-1-2(4)5;;/h2-5H,1H3;2*3H,1H2,(H,4,5);1H3;/q;;;;+2/p-2. The first kappa shape index (κ1) is 26.3. The van der Waals surface area contributed by atoms with Crippen molar-refractivity contribution in [2.24, 2.45) is 0 Å². The van der Waals surface area contributed by atoms with Gasteiger partial charge in [0.15, 0.2) is 0 Å². The molecule has 8 nitrogen and oxygen atoms in total. The monoisotopic (exact) mass is 455 g/mol. The van der Waals surface area contributed by atoms with Crippen molar-refractivity contribution in [3.05, 3.63) is 30.1 Å². The third-order valence-electron chi connectivity index (χ3n) is 1.11. The zero-order valence-corrected chi connectivity index (χ0v) is 12.5. The van der Waals surface area contributed by atoms with Crippen LogP contribution >= 0.6 is 0 Å². The Balaban J connectivity index is -0.0000000866. The summed E-state index contributed by atoms with van der Waals surface area (Å²) in [5.74, 6) is -2.88. The molecule has 1 aromatic rings. The molecule has 0 saturated carbocycles. The van der Waals surface area contributed by atoms with E-state index >= 15 is 0 Å². The molecule has 5 N–H and O–H groups in total. The molecular formula is C10H16N2O6Pt. The van der Waals surface area contributed by atoms with Gasteiger partial charge in [0.25, 0.3) is 0 Å². The minimum atomic E-state index is -1.44. The average molecular weight is 455 g/mol. The van der Waals surface area contributed by atoms with Gasteiger partial charge in [-0.25, -0.2) is 0 Å². The second kappa shape index (κ2) is 19.0. The zero-order valence-electron chi connectivity index (χ0n) is 10.2. The molecule has 0 aliphatic heterocycles. The predicted molar refractivity (Wildman–Crippen MR) is 58.2 cm³/mol. The number of aromatic nitrogens is 1. The largest absolute Gasteiger partial charge is 2.00 e. The topological polar surface area (TPSA) is 169 Å². The fraction of sp³-hybridized carbons (Fsp3) is 0.300. The van der Waals surface area contributed by atoms with E-state index < -0.39 is 25.2 Å². The molecule has 112 valence electrons. The Morgan fingerprint density at radius 3 is 1.47 bits per heavy atom. The Bertz CT molecular complexity index is 309. The van der Waals surface area contributed by atoms with Gasteiger partial charge in [0.1, 0.15) is 0 Å². The molecule has 1 heterocycles. The summed E-state index contributed by atoms with van der Waals surface area (Å²) >= 11 is 0. The maximum atomic E-state index is 9.01. The number of aryl methyl sites for hydroxylation is 1. The maximum Gasteiger partial charge on any atom is 2.00 e. The summed E-state index contributed by atoms with van der Waals surface area (Å²) in [5.41, 5.74) is 1.26. The number of carbonyl (C=O) groups is 2. The van der Waals surface area contributed by atoms with Crippen molar-refractivity contribution in [1.82, 2.24) is 11.1 Å². The van der Waals surface area contributed by atoms with Crippen LogP contribution < -0.4 is 16.4 Å². The number of carbonyl (C=O) groups excluding carboxylic acids is 2. The van der Waals surface area contributed by atoms with E-state index in [1.807, 2.05) is 19.1 Å². The Labute approximate surface area is 125 Å². The molecule has 0 amide bonds. The molecule has 0 aliphatic rings. The quantitative estimate of drug-likeness (QED) is 0.424. The van der Waals surface area contributed by atoms with E-state index in [-0.39, 0.29) is 27.2 Å². The normalized spacial score (nSPS) is 7.11. The number of aliphatic hydroxyl groups is 2. The van der Waals surface area contributed by atoms with Crippen LogP contribution in [0.2, 0.25) is 0 Å². The number of carboxylic acids is 2. The van der Waals surface area contributed by atoms with Gasteiger partial charge in [-0.1, -0.05) is 0 Å². The molecule has 0 atom stereocenters. The zero-order chi connectivity index (χ0) is 13.7. The average Bonchev–Trinajstić information content (AvgIpc) is 2.31. The predicted octanol–water partition coefficient (Wildman–Crippen LogP) is -2.99. The maximum absolute atomic E-state index is 9.01. The Morgan fingerprint density at radius 1 is 1.11 bits per heavy atom. The summed E-state index contributed by atoms with van der Waals surface area (Å²) in [7, 11) is 0. The smallest absolute Gasteiger partial charge is 0.548 e. The summed E-state index contributed by atoms with van der Waals surface area (Å²) < 4.78 is 0. The van der Waals surface area contributed by atoms with Gasteiger partial charge in [-0.3, -0.25) is 4.98 Å². The minimum Gasteiger partial charge on any atom is -0.548 e. The van der Waals surface area contributed by atoms with Crippen LogP contribution in [0.5, 0.6) is 0 Å². The van der Waals surface area contributed by atoms with Gasteiger partial charge in [-0.15, -0.1) is 0 Å². The first-order valence-electron chi connectivity index (χ1n) is 4.42. The molecular weight excluding hydrogens is 439 g/mol. The molecule has 1 rings (SSSR count). The van der Waals surface area contributed by atoms with Crippen LogP contribution in [0.15, 0.2) is 24.5 Å². The number of pyridine rings is 1. The van der Waals surface area contributed by atoms with Crippen LogP contribution in [0.3, 0.4) is 0 Å². The van der Waals surface area contributed by atoms with E-state index in [0.29, 0.717) is 0 Å². The summed E-state index contributed by atoms with van der Waals surface area (Å²) in [6, 6.07) is 3.94. The van der Waals surface area contributed by atoms with Crippen LogP contribution in [0.4, 0.5) is 0 Å². The summed E-state index contributed by atoms with van der Waals surface area (Å²) in [6.45, 7) is 0.266. The van der Waals surface area contributed by atoms with E-state index in [9.17, 15) is 0 Å². The van der Waals surface area contributed by atoms with Crippen LogP contribution in [0, 0.1) is 6.92 Å². The summed E-state index contributed by atoms with van der Waals surface area (Å²) in [5, 5.41) is 33.0. The molecule has 0 fully saturated rings. The van der Waals surface area contributed by atoms with Crippen molar-refractivity contribution < 1.29 is 51.1 Å². The van der Waals surface area contributed by atoms with Crippen LogP contribution in [0.25, 0.3) is 0 Å². The Hall–Kier alpha value is -1.34. The molecule has 0 aromatic carbocycles. The van der Waals surface area contributed by atoms with Gasteiger partial charge in [0.05, 0.1) is 25.2 Å². The van der Waals surface area contributed by atoms with Crippen LogP contribution in [-0.2, 0) is 30.7 Å². The van der Waals surface area contributed by atoms with Crippen LogP contribution in [-0.4, -0.2) is 40.3 Å². The molecule has 0 radical (unpaired) electrons. The Morgan fingerprint density at radius 2 is 1.37 bits per heavy atom. The van der Waals surface area contributed by atoms with Crippen LogP contribution in [0.1, 0.15) is 5.56 Å². The van der Waals surface area contributed by atoms with Gasteiger partial charge in [0, 0.05) is 12.4 Å². The first-order valence-corrected chi connectivity index (χ1v) is 4.42. The molecule has 19 heavy (non-hydrogen) atoms. The second-order valence-corrected chi connectivity index (χ2v) is 2.58. The summed E-state index contributed by atoms with van der Waals surface area (Å²) in [4.78, 5) is 21.9. The number of hydrogen-bond acceptors (Lipinski definition) is 8. The minimum absolute atomic E-state index is 0. The van der Waals surface area contributed by atoms with Crippen molar-refractivity contribution in [2.45, 2.75) is 6.92 Å².